The Bertz CT molecular complexity index is 511. The van der Waals surface area contributed by atoms with E-state index in [-0.39, 0.29) is 0 Å². The van der Waals surface area contributed by atoms with Gasteiger partial charge in [-0.1, -0.05) is 0 Å². The fourth-order valence-corrected chi connectivity index (χ4v) is 2.67. The summed E-state index contributed by atoms with van der Waals surface area (Å²) in [6, 6.07) is 1.30. The maximum Gasteiger partial charge on any atom is 0.412 e. The first kappa shape index (κ1) is 16.7. The van der Waals surface area contributed by atoms with Crippen molar-refractivity contribution in [1.82, 2.24) is 14.7 Å². The van der Waals surface area contributed by atoms with Gasteiger partial charge in [0.1, 0.15) is 24.1 Å². The average Bonchev–Trinajstić information content (AvgIpc) is 2.93. The zero-order chi connectivity index (χ0) is 16.5. The molecular weight excluding hydrogens is 289 g/mol. The van der Waals surface area contributed by atoms with E-state index in [0.29, 0.717) is 6.54 Å². The van der Waals surface area contributed by atoms with Gasteiger partial charge < -0.3 is 9.47 Å². The minimum Gasteiger partial charge on any atom is -0.444 e. The molecule has 7 heteroatoms. The number of ether oxygens (including phenoxy) is 2. The number of hydrogen-bond donors (Lipinski definition) is 0. The van der Waals surface area contributed by atoms with E-state index in [1.165, 1.54) is 4.90 Å². The molecule has 1 saturated heterocycles. The normalized spacial score (nSPS) is 24.5. The van der Waals surface area contributed by atoms with E-state index in [1.807, 2.05) is 0 Å². The maximum absolute atomic E-state index is 13.4. The lowest BCUT2D eigenvalue weighted by Gasteiger charge is -2.35. The van der Waals surface area contributed by atoms with E-state index in [9.17, 15) is 9.18 Å². The summed E-state index contributed by atoms with van der Waals surface area (Å²) in [5.41, 5.74) is -1.56. The third-order valence-electron chi connectivity index (χ3n) is 3.46. The van der Waals surface area contributed by atoms with E-state index < -0.39 is 36.2 Å². The molecule has 0 bridgehead atoms. The van der Waals surface area contributed by atoms with Gasteiger partial charge in [-0.2, -0.15) is 5.10 Å². The van der Waals surface area contributed by atoms with Crippen LogP contribution in [0.25, 0.3) is 0 Å². The highest BCUT2D eigenvalue weighted by Gasteiger charge is 2.51. The molecule has 1 fully saturated rings. The van der Waals surface area contributed by atoms with E-state index in [4.69, 9.17) is 9.47 Å². The molecule has 0 radical (unpaired) electrons. The number of halogens is 1. The molecule has 6 nitrogen and oxygen atoms in total. The molecule has 2 atom stereocenters. The number of hydrogen-bond acceptors (Lipinski definition) is 4. The number of aromatic nitrogens is 2. The van der Waals surface area contributed by atoms with Crippen LogP contribution in [-0.4, -0.2) is 50.9 Å². The van der Waals surface area contributed by atoms with Crippen molar-refractivity contribution < 1.29 is 18.7 Å². The monoisotopic (exact) mass is 313 g/mol. The molecule has 1 amide bonds. The summed E-state index contributed by atoms with van der Waals surface area (Å²) in [5, 5.41) is 4.12. The van der Waals surface area contributed by atoms with E-state index in [1.54, 1.807) is 57.8 Å². The highest BCUT2D eigenvalue weighted by molar-refractivity contribution is 5.70. The van der Waals surface area contributed by atoms with E-state index in [0.717, 1.165) is 0 Å². The van der Waals surface area contributed by atoms with Crippen molar-refractivity contribution in [2.75, 3.05) is 6.67 Å². The Morgan fingerprint density at radius 3 is 2.64 bits per heavy atom. The topological polar surface area (TPSA) is 56.6 Å². The zero-order valence-electron chi connectivity index (χ0n) is 13.7. The van der Waals surface area contributed by atoms with Gasteiger partial charge in [-0.25, -0.2) is 9.18 Å². The highest BCUT2D eigenvalue weighted by Crippen LogP contribution is 2.34. The van der Waals surface area contributed by atoms with Gasteiger partial charge in [0.25, 0.3) is 0 Å². The van der Waals surface area contributed by atoms with Crippen LogP contribution < -0.4 is 0 Å². The van der Waals surface area contributed by atoms with Gasteiger partial charge in [-0.05, 0) is 40.7 Å². The molecule has 2 unspecified atom stereocenters. The zero-order valence-corrected chi connectivity index (χ0v) is 13.7. The van der Waals surface area contributed by atoms with Gasteiger partial charge in [0.05, 0.1) is 12.6 Å². The van der Waals surface area contributed by atoms with Crippen LogP contribution in [0, 0.1) is 0 Å². The van der Waals surface area contributed by atoms with Gasteiger partial charge >= 0.3 is 6.09 Å². The van der Waals surface area contributed by atoms with Crippen LogP contribution >= 0.6 is 0 Å². The number of nitrogens with zero attached hydrogens (tertiary/aromatic N) is 3. The number of alkyl halides is 1. The Labute approximate surface area is 130 Å². The molecule has 2 rings (SSSR count). The lowest BCUT2D eigenvalue weighted by atomic mass is 10.1. The van der Waals surface area contributed by atoms with Crippen molar-refractivity contribution in [2.45, 2.75) is 64.6 Å². The number of amides is 1. The SMILES string of the molecule is CC(C)(C)OC(=O)N1C(Cn2cccn2)C(CF)OC1(C)C. The summed E-state index contributed by atoms with van der Waals surface area (Å²) in [4.78, 5) is 14.0. The van der Waals surface area contributed by atoms with Crippen LogP contribution in [0.5, 0.6) is 0 Å². The summed E-state index contributed by atoms with van der Waals surface area (Å²) in [5.74, 6) is 0. The van der Waals surface area contributed by atoms with Crippen molar-refractivity contribution in [3.63, 3.8) is 0 Å². The minimum absolute atomic E-state index is 0.351. The molecule has 1 aromatic rings. The van der Waals surface area contributed by atoms with Crippen LogP contribution in [0.3, 0.4) is 0 Å². The largest absolute Gasteiger partial charge is 0.444 e. The quantitative estimate of drug-likeness (QED) is 0.860. The summed E-state index contributed by atoms with van der Waals surface area (Å²) in [6.45, 7) is 8.54. The fourth-order valence-electron chi connectivity index (χ4n) is 2.67. The van der Waals surface area contributed by atoms with Crippen LogP contribution in [-0.2, 0) is 16.0 Å². The average molecular weight is 313 g/mol. The second kappa shape index (κ2) is 5.87. The van der Waals surface area contributed by atoms with Crippen LogP contribution in [0.1, 0.15) is 34.6 Å². The Morgan fingerprint density at radius 2 is 2.14 bits per heavy atom. The van der Waals surface area contributed by atoms with Crippen LogP contribution in [0.4, 0.5) is 9.18 Å². The number of carbonyl (C=O) groups is 1. The van der Waals surface area contributed by atoms with Crippen molar-refractivity contribution in [2.24, 2.45) is 0 Å². The highest BCUT2D eigenvalue weighted by atomic mass is 19.1. The Balaban J connectivity index is 2.26. The Morgan fingerprint density at radius 1 is 1.45 bits per heavy atom. The van der Waals surface area contributed by atoms with Crippen LogP contribution in [0.2, 0.25) is 0 Å². The summed E-state index contributed by atoms with van der Waals surface area (Å²) in [7, 11) is 0. The second-order valence-corrected chi connectivity index (χ2v) is 6.90. The second-order valence-electron chi connectivity index (χ2n) is 6.90. The van der Waals surface area contributed by atoms with Gasteiger partial charge in [-0.3, -0.25) is 9.58 Å². The first-order valence-corrected chi connectivity index (χ1v) is 7.37. The summed E-state index contributed by atoms with van der Waals surface area (Å²) < 4.78 is 26.2. The smallest absolute Gasteiger partial charge is 0.412 e. The molecule has 2 heterocycles. The molecule has 0 aromatic carbocycles. The molecule has 1 aromatic heterocycles. The molecule has 0 N–H and O–H groups in total. The molecule has 0 aliphatic carbocycles. The van der Waals surface area contributed by atoms with Gasteiger partial charge in [0, 0.05) is 12.4 Å². The third kappa shape index (κ3) is 3.58. The standard InChI is InChI=1S/C15H24FN3O3/c1-14(2,3)22-13(20)19-11(10-18-8-6-7-17-18)12(9-16)21-15(19,4)5/h6-8,11-12H,9-10H2,1-5H3. The van der Waals surface area contributed by atoms with Crippen LogP contribution in [0.15, 0.2) is 18.5 Å². The Kier molecular flexibility index (Phi) is 4.47. The molecule has 22 heavy (non-hydrogen) atoms. The predicted octanol–water partition coefficient (Wildman–Crippen LogP) is 2.59. The maximum atomic E-state index is 13.4. The predicted molar refractivity (Wildman–Crippen MR) is 79.0 cm³/mol. The van der Waals surface area contributed by atoms with Crippen molar-refractivity contribution in [1.29, 1.82) is 0 Å². The summed E-state index contributed by atoms with van der Waals surface area (Å²) in [6.07, 6.45) is 2.20. The molecule has 1 aliphatic heterocycles. The summed E-state index contributed by atoms with van der Waals surface area (Å²) >= 11 is 0. The first-order valence-electron chi connectivity index (χ1n) is 7.37. The molecule has 1 aliphatic rings. The van der Waals surface area contributed by atoms with Crippen molar-refractivity contribution >= 4 is 6.09 Å². The lowest BCUT2D eigenvalue weighted by molar-refractivity contribution is -0.0818. The third-order valence-corrected chi connectivity index (χ3v) is 3.46. The lowest BCUT2D eigenvalue weighted by Crippen LogP contribution is -2.51. The molecule has 124 valence electrons. The minimum atomic E-state index is -0.934. The molecule has 0 saturated carbocycles. The van der Waals surface area contributed by atoms with Gasteiger partial charge in [0.2, 0.25) is 0 Å². The first-order chi connectivity index (χ1) is 10.1. The number of rotatable bonds is 3. The van der Waals surface area contributed by atoms with Gasteiger partial charge in [-0.15, -0.1) is 0 Å². The van der Waals surface area contributed by atoms with Gasteiger partial charge in [0.15, 0.2) is 0 Å². The Hall–Kier alpha value is -1.63. The van der Waals surface area contributed by atoms with E-state index in [2.05, 4.69) is 5.10 Å². The fraction of sp³-hybridized carbons (Fsp3) is 0.733. The number of carbonyl (C=O) groups excluding carboxylic acids is 1. The van der Waals surface area contributed by atoms with E-state index >= 15 is 0 Å². The molecule has 0 spiro atoms. The van der Waals surface area contributed by atoms with Crippen molar-refractivity contribution in [3.05, 3.63) is 18.5 Å². The molecular formula is C15H24FN3O3. The van der Waals surface area contributed by atoms with Crippen molar-refractivity contribution in [3.8, 4) is 0 Å².